The molecule has 12 heteroatoms. The monoisotopic (exact) mass is 640 g/mol. The van der Waals surface area contributed by atoms with E-state index in [4.69, 9.17) is 5.11 Å². The average molecular weight is 641 g/mol. The molecule has 0 radical (unpaired) electrons. The van der Waals surface area contributed by atoms with Crippen LogP contribution in [-0.2, 0) is 26.3 Å². The maximum atomic E-state index is 14.3. The Balaban J connectivity index is 1.61. The first-order valence-electron chi connectivity index (χ1n) is 15.0. The second kappa shape index (κ2) is 15.0. The summed E-state index contributed by atoms with van der Waals surface area (Å²) in [4.78, 5) is 28.8. The largest absolute Gasteiger partial charge is 0.394 e. The molecule has 10 nitrogen and oxygen atoms in total. The molecule has 5 N–H and O–H groups in total. The molecule has 1 aliphatic heterocycles. The number of fused-ring (bicyclic) bond motifs is 1. The minimum atomic E-state index is -2.53. The van der Waals surface area contributed by atoms with Crippen molar-refractivity contribution >= 4 is 43.9 Å². The van der Waals surface area contributed by atoms with E-state index >= 15 is 0 Å². The van der Waals surface area contributed by atoms with Gasteiger partial charge in [-0.15, -0.1) is 0 Å². The van der Waals surface area contributed by atoms with Crippen molar-refractivity contribution in [3.8, 4) is 0 Å². The summed E-state index contributed by atoms with van der Waals surface area (Å²) in [6, 6.07) is 10.8. The number of β-amino-alcohol motifs (C(OH)–C–C–N with tert-alkyl or cyclic N) is 1. The molecule has 0 saturated heterocycles. The van der Waals surface area contributed by atoms with E-state index in [0.29, 0.717) is 35.4 Å². The van der Waals surface area contributed by atoms with Crippen LogP contribution in [0.15, 0.2) is 60.2 Å². The highest BCUT2D eigenvalue weighted by Crippen LogP contribution is 2.33. The Morgan fingerprint density at radius 3 is 2.64 bits per heavy atom. The van der Waals surface area contributed by atoms with Crippen molar-refractivity contribution in [2.45, 2.75) is 64.1 Å². The number of nitrogens with one attached hydrogen (secondary N) is 3. The van der Waals surface area contributed by atoms with Gasteiger partial charge >= 0.3 is 0 Å². The number of hydrogen-bond acceptors (Lipinski definition) is 8. The molecule has 4 rings (SSSR count). The van der Waals surface area contributed by atoms with Crippen LogP contribution in [0.5, 0.6) is 0 Å². The quantitative estimate of drug-likeness (QED) is 0.223. The summed E-state index contributed by atoms with van der Waals surface area (Å²) in [6.07, 6.45) is 3.27. The molecule has 2 aromatic carbocycles. The Labute approximate surface area is 264 Å². The van der Waals surface area contributed by atoms with Crippen LogP contribution < -0.4 is 20.9 Å². The fourth-order valence-corrected chi connectivity index (χ4v) is 6.29. The highest BCUT2D eigenvalue weighted by Gasteiger charge is 2.34. The fraction of sp³-hybridized carbons (Fsp3) is 0.424. The van der Waals surface area contributed by atoms with Crippen LogP contribution in [0.4, 0.5) is 15.8 Å². The van der Waals surface area contributed by atoms with E-state index in [-0.39, 0.29) is 49.0 Å². The lowest BCUT2D eigenvalue weighted by atomic mass is 9.91. The number of rotatable bonds is 12. The Bertz CT molecular complexity index is 1630. The van der Waals surface area contributed by atoms with E-state index in [2.05, 4.69) is 16.0 Å². The second-order valence-electron chi connectivity index (χ2n) is 11.9. The highest BCUT2D eigenvalue weighted by atomic mass is 32.2. The Kier molecular flexibility index (Phi) is 11.3. The number of aryl methyl sites for hydroxylation is 1. The molecule has 0 unspecified atom stereocenters. The number of benzene rings is 2. The number of para-hydroxylation sites is 1. The van der Waals surface area contributed by atoms with Gasteiger partial charge in [-0.05, 0) is 69.0 Å². The number of hydrogen-bond donors (Lipinski definition) is 5. The van der Waals surface area contributed by atoms with Crippen LogP contribution in [0, 0.1) is 5.82 Å². The number of allylic oxidation sites excluding steroid dienone is 3. The smallest absolute Gasteiger partial charge is 0.249 e. The van der Waals surface area contributed by atoms with Gasteiger partial charge in [0, 0.05) is 60.5 Å². The lowest BCUT2D eigenvalue weighted by Gasteiger charge is -2.30. The van der Waals surface area contributed by atoms with Gasteiger partial charge < -0.3 is 31.1 Å². The van der Waals surface area contributed by atoms with Gasteiger partial charge in [0.05, 0.1) is 17.6 Å². The zero-order valence-corrected chi connectivity index (χ0v) is 26.6. The van der Waals surface area contributed by atoms with E-state index in [1.165, 1.54) is 17.0 Å². The first-order chi connectivity index (χ1) is 21.4. The SMILES string of the molecule is CCNc1ccccc1C1=CC=C(CN2C(=O)[C@H](NC(=O)CC(C)(C)NC[C@H](O)CO)CCc3cc(F)ccc32)CC1=S(=O)=O. The van der Waals surface area contributed by atoms with E-state index in [1.54, 1.807) is 26.0 Å². The molecule has 2 amide bonds. The number of aliphatic hydroxyl groups excluding tert-OH is 2. The maximum Gasteiger partial charge on any atom is 0.249 e. The lowest BCUT2D eigenvalue weighted by molar-refractivity contribution is -0.128. The summed E-state index contributed by atoms with van der Waals surface area (Å²) in [7, 11) is -2.53. The molecule has 2 atom stereocenters. The zero-order valence-electron chi connectivity index (χ0n) is 25.8. The van der Waals surface area contributed by atoms with E-state index in [9.17, 15) is 27.5 Å². The predicted octanol–water partition coefficient (Wildman–Crippen LogP) is 2.60. The third kappa shape index (κ3) is 8.66. The predicted molar refractivity (Wildman–Crippen MR) is 174 cm³/mol. The van der Waals surface area contributed by atoms with E-state index < -0.39 is 40.4 Å². The molecule has 2 aromatic rings. The van der Waals surface area contributed by atoms with Crippen molar-refractivity contribution in [3.63, 3.8) is 0 Å². The molecule has 1 heterocycles. The Morgan fingerprint density at radius 2 is 1.93 bits per heavy atom. The Morgan fingerprint density at radius 1 is 1.18 bits per heavy atom. The minimum absolute atomic E-state index is 0.00275. The fourth-order valence-electron chi connectivity index (χ4n) is 5.63. The van der Waals surface area contributed by atoms with Crippen LogP contribution in [0.2, 0.25) is 0 Å². The number of nitrogens with zero attached hydrogens (tertiary/aromatic N) is 1. The Hall–Kier alpha value is -3.84. The van der Waals surface area contributed by atoms with Gasteiger partial charge in [0.2, 0.25) is 22.1 Å². The zero-order chi connectivity index (χ0) is 32.7. The maximum absolute atomic E-state index is 14.3. The highest BCUT2D eigenvalue weighted by molar-refractivity contribution is 7.74. The lowest BCUT2D eigenvalue weighted by Crippen LogP contribution is -2.52. The van der Waals surface area contributed by atoms with Gasteiger partial charge in [-0.3, -0.25) is 9.59 Å². The molecular weight excluding hydrogens is 599 g/mol. The molecule has 242 valence electrons. The van der Waals surface area contributed by atoms with Gasteiger partial charge in [0.15, 0.2) is 0 Å². The molecule has 1 aliphatic carbocycles. The first kappa shape index (κ1) is 34.0. The van der Waals surface area contributed by atoms with Crippen LogP contribution in [0.3, 0.4) is 0 Å². The standard InChI is InChI=1S/C33H41FN4O6S/c1-4-35-27-8-6-5-7-25(27)26-12-9-21(15-30(26)45(43)44)19-38-29-14-11-23(34)16-22(29)10-13-28(32(38)42)37-31(41)17-33(2,3)36-18-24(40)20-39/h5-9,11-12,14,16,24,28,35-36,39-40H,4,10,13,15,17-20H2,1-3H3,(H,37,41)/t24-,28+/m0/s1. The molecule has 0 fully saturated rings. The van der Waals surface area contributed by atoms with Crippen molar-refractivity contribution < 1.29 is 32.6 Å². The second-order valence-corrected chi connectivity index (χ2v) is 12.9. The number of carbonyl (C=O) groups excluding carboxylic acids is 2. The summed E-state index contributed by atoms with van der Waals surface area (Å²) in [6.45, 7) is 5.90. The van der Waals surface area contributed by atoms with Crippen molar-refractivity contribution in [2.24, 2.45) is 0 Å². The number of anilines is 2. The minimum Gasteiger partial charge on any atom is -0.394 e. The molecule has 2 aliphatic rings. The normalized spacial score (nSPS) is 17.6. The third-order valence-corrected chi connectivity index (χ3v) is 8.65. The molecule has 0 saturated carbocycles. The number of halogens is 1. The summed E-state index contributed by atoms with van der Waals surface area (Å²) in [5.41, 5.74) is 3.20. The van der Waals surface area contributed by atoms with Crippen molar-refractivity contribution in [1.29, 1.82) is 0 Å². The number of carbonyl (C=O) groups is 2. The number of aliphatic hydroxyl groups is 2. The van der Waals surface area contributed by atoms with Gasteiger partial charge in [-0.2, -0.15) is 8.42 Å². The van der Waals surface area contributed by atoms with Crippen LogP contribution >= 0.6 is 0 Å². The third-order valence-electron chi connectivity index (χ3n) is 7.88. The van der Waals surface area contributed by atoms with Crippen molar-refractivity contribution in [1.82, 2.24) is 10.6 Å². The van der Waals surface area contributed by atoms with E-state index in [0.717, 1.165) is 11.3 Å². The van der Waals surface area contributed by atoms with Gasteiger partial charge in [0.1, 0.15) is 11.9 Å². The van der Waals surface area contributed by atoms with Crippen molar-refractivity contribution in [3.05, 3.63) is 77.1 Å². The van der Waals surface area contributed by atoms with Crippen LogP contribution in [0.25, 0.3) is 5.57 Å². The molecular formula is C33H41FN4O6S. The van der Waals surface area contributed by atoms with Crippen LogP contribution in [0.1, 0.15) is 51.2 Å². The molecule has 45 heavy (non-hydrogen) atoms. The number of amides is 2. The van der Waals surface area contributed by atoms with Gasteiger partial charge in [0.25, 0.3) is 0 Å². The van der Waals surface area contributed by atoms with Gasteiger partial charge in [-0.25, -0.2) is 4.39 Å². The summed E-state index contributed by atoms with van der Waals surface area (Å²) in [5, 5.41) is 27.9. The van der Waals surface area contributed by atoms with Crippen molar-refractivity contribution in [2.75, 3.05) is 36.5 Å². The van der Waals surface area contributed by atoms with Crippen LogP contribution in [-0.4, -0.2) is 79.2 Å². The molecule has 0 spiro atoms. The summed E-state index contributed by atoms with van der Waals surface area (Å²) in [5.74, 6) is -1.21. The topological polar surface area (TPSA) is 148 Å². The summed E-state index contributed by atoms with van der Waals surface area (Å²) < 4.78 is 39.2. The molecule has 0 bridgehead atoms. The summed E-state index contributed by atoms with van der Waals surface area (Å²) >= 11 is 0. The average Bonchev–Trinajstić information content (AvgIpc) is 3.12. The molecule has 0 aromatic heterocycles. The van der Waals surface area contributed by atoms with Gasteiger partial charge in [-0.1, -0.05) is 30.4 Å². The first-order valence-corrected chi connectivity index (χ1v) is 16.1. The van der Waals surface area contributed by atoms with E-state index in [1.807, 2.05) is 37.3 Å².